The third-order valence-electron chi connectivity index (χ3n) is 4.56. The average Bonchev–Trinajstić information content (AvgIpc) is 3.24. The first-order chi connectivity index (χ1) is 11.2. The Morgan fingerprint density at radius 3 is 2.52 bits per heavy atom. The van der Waals surface area contributed by atoms with Crippen molar-refractivity contribution in [2.24, 2.45) is 0 Å². The van der Waals surface area contributed by atoms with Crippen molar-refractivity contribution in [2.45, 2.75) is 37.6 Å². The SMILES string of the molecule is O=C(NCc1ccc(F)cc1)NCC1(c2cccs2)CCCC1. The van der Waals surface area contributed by atoms with Crippen molar-refractivity contribution < 1.29 is 9.18 Å². The molecule has 1 aliphatic carbocycles. The number of nitrogens with one attached hydrogen (secondary N) is 2. The Labute approximate surface area is 139 Å². The number of carbonyl (C=O) groups excluding carboxylic acids is 1. The van der Waals surface area contributed by atoms with Crippen LogP contribution >= 0.6 is 11.3 Å². The fourth-order valence-electron chi connectivity index (χ4n) is 3.24. The van der Waals surface area contributed by atoms with Gasteiger partial charge in [-0.25, -0.2) is 9.18 Å². The van der Waals surface area contributed by atoms with E-state index in [1.807, 2.05) is 0 Å². The van der Waals surface area contributed by atoms with Crippen LogP contribution in [0.2, 0.25) is 0 Å². The first-order valence-corrected chi connectivity index (χ1v) is 8.86. The molecule has 2 aromatic rings. The van der Waals surface area contributed by atoms with E-state index in [0.29, 0.717) is 13.1 Å². The lowest BCUT2D eigenvalue weighted by Crippen LogP contribution is -2.43. The second-order valence-electron chi connectivity index (χ2n) is 6.13. The largest absolute Gasteiger partial charge is 0.337 e. The van der Waals surface area contributed by atoms with Gasteiger partial charge < -0.3 is 10.6 Å². The van der Waals surface area contributed by atoms with E-state index in [4.69, 9.17) is 0 Å². The molecule has 2 N–H and O–H groups in total. The lowest BCUT2D eigenvalue weighted by atomic mass is 9.84. The van der Waals surface area contributed by atoms with Gasteiger partial charge in [0.1, 0.15) is 5.82 Å². The average molecular weight is 332 g/mol. The van der Waals surface area contributed by atoms with Crippen molar-refractivity contribution >= 4 is 17.4 Å². The molecule has 0 saturated heterocycles. The summed E-state index contributed by atoms with van der Waals surface area (Å²) in [7, 11) is 0. The van der Waals surface area contributed by atoms with Gasteiger partial charge in [-0.15, -0.1) is 11.3 Å². The van der Waals surface area contributed by atoms with Crippen LogP contribution in [-0.4, -0.2) is 12.6 Å². The molecule has 1 aromatic heterocycles. The van der Waals surface area contributed by atoms with Crippen molar-refractivity contribution in [3.05, 3.63) is 58.0 Å². The van der Waals surface area contributed by atoms with Crippen LogP contribution in [0.4, 0.5) is 9.18 Å². The van der Waals surface area contributed by atoms with Gasteiger partial charge in [0.15, 0.2) is 0 Å². The molecule has 1 aliphatic rings. The van der Waals surface area contributed by atoms with Gasteiger partial charge in [-0.05, 0) is 42.0 Å². The molecule has 1 aromatic carbocycles. The molecule has 5 heteroatoms. The van der Waals surface area contributed by atoms with Crippen LogP contribution in [-0.2, 0) is 12.0 Å². The molecule has 3 nitrogen and oxygen atoms in total. The summed E-state index contributed by atoms with van der Waals surface area (Å²) >= 11 is 1.78. The number of thiophene rings is 1. The molecule has 0 spiro atoms. The van der Waals surface area contributed by atoms with Crippen molar-refractivity contribution in [3.63, 3.8) is 0 Å². The van der Waals surface area contributed by atoms with Crippen LogP contribution in [0.15, 0.2) is 41.8 Å². The maximum absolute atomic E-state index is 12.9. The number of urea groups is 1. The van der Waals surface area contributed by atoms with Gasteiger partial charge in [-0.3, -0.25) is 0 Å². The first-order valence-electron chi connectivity index (χ1n) is 7.98. The Bertz CT molecular complexity index is 634. The molecule has 0 radical (unpaired) electrons. The second-order valence-corrected chi connectivity index (χ2v) is 7.08. The Balaban J connectivity index is 1.52. The molecule has 122 valence electrons. The predicted octanol–water partition coefficient (Wildman–Crippen LogP) is 4.20. The number of carbonyl (C=O) groups is 1. The van der Waals surface area contributed by atoms with Gasteiger partial charge in [0.25, 0.3) is 0 Å². The topological polar surface area (TPSA) is 41.1 Å². The lowest BCUT2D eigenvalue weighted by Gasteiger charge is -2.28. The zero-order valence-corrected chi connectivity index (χ0v) is 13.8. The number of hydrogen-bond acceptors (Lipinski definition) is 2. The summed E-state index contributed by atoms with van der Waals surface area (Å²) in [6.07, 6.45) is 4.70. The summed E-state index contributed by atoms with van der Waals surface area (Å²) in [5.41, 5.74) is 0.983. The second kappa shape index (κ2) is 7.13. The summed E-state index contributed by atoms with van der Waals surface area (Å²) in [5, 5.41) is 7.95. The highest BCUT2D eigenvalue weighted by molar-refractivity contribution is 7.10. The monoisotopic (exact) mass is 332 g/mol. The lowest BCUT2D eigenvalue weighted by molar-refractivity contribution is 0.237. The van der Waals surface area contributed by atoms with E-state index in [1.165, 1.54) is 29.9 Å². The van der Waals surface area contributed by atoms with Crippen LogP contribution in [0.1, 0.15) is 36.1 Å². The van der Waals surface area contributed by atoms with Crippen molar-refractivity contribution in [3.8, 4) is 0 Å². The molecule has 1 saturated carbocycles. The molecule has 0 unspecified atom stereocenters. The van der Waals surface area contributed by atoms with Crippen LogP contribution in [0.25, 0.3) is 0 Å². The molecule has 0 atom stereocenters. The Kier molecular flexibility index (Phi) is 4.96. The molecular formula is C18H21FN2OS. The van der Waals surface area contributed by atoms with Gasteiger partial charge >= 0.3 is 6.03 Å². The summed E-state index contributed by atoms with van der Waals surface area (Å²) in [5.74, 6) is -0.266. The van der Waals surface area contributed by atoms with Gasteiger partial charge in [-0.1, -0.05) is 31.0 Å². The summed E-state index contributed by atoms with van der Waals surface area (Å²) in [6, 6.07) is 10.2. The maximum atomic E-state index is 12.9. The number of hydrogen-bond donors (Lipinski definition) is 2. The molecule has 1 fully saturated rings. The number of rotatable bonds is 5. The van der Waals surface area contributed by atoms with Crippen molar-refractivity contribution in [1.29, 1.82) is 0 Å². The van der Waals surface area contributed by atoms with E-state index in [2.05, 4.69) is 28.1 Å². The van der Waals surface area contributed by atoms with Crippen LogP contribution < -0.4 is 10.6 Å². The van der Waals surface area contributed by atoms with Gasteiger partial charge in [0, 0.05) is 23.4 Å². The van der Waals surface area contributed by atoms with E-state index in [-0.39, 0.29) is 17.3 Å². The molecule has 0 bridgehead atoms. The highest BCUT2D eigenvalue weighted by atomic mass is 32.1. The number of amides is 2. The van der Waals surface area contributed by atoms with E-state index in [1.54, 1.807) is 23.5 Å². The minimum Gasteiger partial charge on any atom is -0.337 e. The van der Waals surface area contributed by atoms with Gasteiger partial charge in [0.2, 0.25) is 0 Å². The maximum Gasteiger partial charge on any atom is 0.315 e. The zero-order valence-electron chi connectivity index (χ0n) is 13.0. The smallest absolute Gasteiger partial charge is 0.315 e. The fraction of sp³-hybridized carbons (Fsp3) is 0.389. The fourth-order valence-corrected chi connectivity index (χ4v) is 4.23. The van der Waals surface area contributed by atoms with Crippen molar-refractivity contribution in [2.75, 3.05) is 6.54 Å². The standard InChI is InChI=1S/C18H21FN2OS/c19-15-7-5-14(6-8-15)12-20-17(22)21-13-18(9-1-2-10-18)16-4-3-11-23-16/h3-8,11H,1-2,9-10,12-13H2,(H2,20,21,22). The Hall–Kier alpha value is -1.88. The van der Waals surface area contributed by atoms with E-state index >= 15 is 0 Å². The normalized spacial score (nSPS) is 16.2. The van der Waals surface area contributed by atoms with Crippen LogP contribution in [0.5, 0.6) is 0 Å². The predicted molar refractivity (Wildman–Crippen MR) is 91.1 cm³/mol. The Morgan fingerprint density at radius 2 is 1.87 bits per heavy atom. The van der Waals surface area contributed by atoms with E-state index in [9.17, 15) is 9.18 Å². The van der Waals surface area contributed by atoms with Crippen molar-refractivity contribution in [1.82, 2.24) is 10.6 Å². The highest BCUT2D eigenvalue weighted by Crippen LogP contribution is 2.42. The molecule has 2 amide bonds. The van der Waals surface area contributed by atoms with Gasteiger partial charge in [0.05, 0.1) is 0 Å². The minimum atomic E-state index is -0.266. The summed E-state index contributed by atoms with van der Waals surface area (Å²) < 4.78 is 12.9. The molecule has 23 heavy (non-hydrogen) atoms. The third-order valence-corrected chi connectivity index (χ3v) is 5.67. The van der Waals surface area contributed by atoms with Gasteiger partial charge in [-0.2, -0.15) is 0 Å². The molecular weight excluding hydrogens is 311 g/mol. The zero-order chi connectivity index (χ0) is 16.1. The highest BCUT2D eigenvalue weighted by Gasteiger charge is 2.36. The molecule has 0 aliphatic heterocycles. The van der Waals surface area contributed by atoms with E-state index < -0.39 is 0 Å². The quantitative estimate of drug-likeness (QED) is 0.846. The van der Waals surface area contributed by atoms with E-state index in [0.717, 1.165) is 18.4 Å². The number of benzene rings is 1. The van der Waals surface area contributed by atoms with Crippen LogP contribution in [0.3, 0.4) is 0 Å². The summed E-state index contributed by atoms with van der Waals surface area (Å²) in [4.78, 5) is 13.4. The number of halogens is 1. The first kappa shape index (κ1) is 16.0. The third kappa shape index (κ3) is 3.91. The Morgan fingerprint density at radius 1 is 1.13 bits per heavy atom. The molecule has 3 rings (SSSR count). The van der Waals surface area contributed by atoms with Crippen LogP contribution in [0, 0.1) is 5.82 Å². The minimum absolute atomic E-state index is 0.0986. The summed E-state index contributed by atoms with van der Waals surface area (Å²) in [6.45, 7) is 1.07. The molecule has 1 heterocycles.